The maximum Gasteiger partial charge on any atom is 0.339 e. The van der Waals surface area contributed by atoms with E-state index in [4.69, 9.17) is 4.74 Å². The van der Waals surface area contributed by atoms with Crippen LogP contribution < -0.4 is 5.32 Å². The summed E-state index contributed by atoms with van der Waals surface area (Å²) in [6.07, 6.45) is 1.70. The van der Waals surface area contributed by atoms with Gasteiger partial charge in [-0.05, 0) is 12.1 Å². The van der Waals surface area contributed by atoms with Crippen molar-refractivity contribution in [3.8, 4) is 0 Å². The van der Waals surface area contributed by atoms with Crippen LogP contribution in [-0.4, -0.2) is 18.1 Å². The fraction of sp³-hybridized carbons (Fsp3) is 0.0909. The topological polar surface area (TPSA) is 51.2 Å². The Kier molecular flexibility index (Phi) is 3.16. The van der Waals surface area contributed by atoms with E-state index in [1.165, 1.54) is 18.4 Å². The van der Waals surface area contributed by atoms with Gasteiger partial charge in [-0.15, -0.1) is 11.3 Å². The Balaban J connectivity index is 2.30. The Morgan fingerprint density at radius 2 is 2.25 bits per heavy atom. The molecule has 0 radical (unpaired) electrons. The minimum atomic E-state index is -0.361. The summed E-state index contributed by atoms with van der Waals surface area (Å²) in [5, 5.41) is 5.69. The first-order valence-corrected chi connectivity index (χ1v) is 5.53. The molecule has 4 nitrogen and oxygen atoms in total. The summed E-state index contributed by atoms with van der Waals surface area (Å²) in [6, 6.07) is 7.16. The molecule has 0 unspecified atom stereocenters. The molecule has 16 heavy (non-hydrogen) atoms. The number of benzene rings is 1. The normalized spacial score (nSPS) is 9.81. The van der Waals surface area contributed by atoms with E-state index in [0.717, 1.165) is 5.13 Å². The van der Waals surface area contributed by atoms with Gasteiger partial charge in [0.15, 0.2) is 5.13 Å². The molecule has 0 aliphatic heterocycles. The Hall–Kier alpha value is -1.88. The van der Waals surface area contributed by atoms with Crippen LogP contribution in [0.5, 0.6) is 0 Å². The third-order valence-corrected chi connectivity index (χ3v) is 2.69. The predicted octanol–water partition coefficient (Wildman–Crippen LogP) is 2.67. The molecule has 0 saturated carbocycles. The number of methoxy groups -OCH3 is 1. The SMILES string of the molecule is COC(=O)c1ccccc1Nc1nccs1. The van der Waals surface area contributed by atoms with Crippen LogP contribution in [0, 0.1) is 0 Å². The number of anilines is 2. The van der Waals surface area contributed by atoms with Crippen molar-refractivity contribution in [2.24, 2.45) is 0 Å². The highest BCUT2D eigenvalue weighted by atomic mass is 32.1. The summed E-state index contributed by atoms with van der Waals surface area (Å²) in [7, 11) is 1.36. The molecule has 2 rings (SSSR count). The van der Waals surface area contributed by atoms with Crippen LogP contribution in [0.25, 0.3) is 0 Å². The minimum Gasteiger partial charge on any atom is -0.465 e. The highest BCUT2D eigenvalue weighted by molar-refractivity contribution is 7.13. The van der Waals surface area contributed by atoms with E-state index in [9.17, 15) is 4.79 Å². The number of ether oxygens (including phenoxy) is 1. The fourth-order valence-electron chi connectivity index (χ4n) is 1.28. The number of nitrogens with zero attached hydrogens (tertiary/aromatic N) is 1. The van der Waals surface area contributed by atoms with Crippen molar-refractivity contribution in [3.63, 3.8) is 0 Å². The lowest BCUT2D eigenvalue weighted by molar-refractivity contribution is 0.0602. The van der Waals surface area contributed by atoms with Crippen molar-refractivity contribution in [3.05, 3.63) is 41.4 Å². The number of aromatic nitrogens is 1. The van der Waals surface area contributed by atoms with Crippen LogP contribution in [0.1, 0.15) is 10.4 Å². The number of nitrogens with one attached hydrogen (secondary N) is 1. The predicted molar refractivity (Wildman–Crippen MR) is 63.2 cm³/mol. The van der Waals surface area contributed by atoms with E-state index >= 15 is 0 Å². The Morgan fingerprint density at radius 1 is 1.44 bits per heavy atom. The third kappa shape index (κ3) is 2.20. The summed E-state index contributed by atoms with van der Waals surface area (Å²) < 4.78 is 4.70. The zero-order valence-corrected chi connectivity index (χ0v) is 9.45. The zero-order valence-electron chi connectivity index (χ0n) is 8.64. The minimum absolute atomic E-state index is 0.361. The fourth-order valence-corrected chi connectivity index (χ4v) is 1.82. The number of hydrogen-bond donors (Lipinski definition) is 1. The number of carbonyl (C=O) groups excluding carboxylic acids is 1. The van der Waals surface area contributed by atoms with Crippen LogP contribution in [0.3, 0.4) is 0 Å². The molecule has 0 saturated heterocycles. The molecule has 0 spiro atoms. The highest BCUT2D eigenvalue weighted by Crippen LogP contribution is 2.22. The maximum atomic E-state index is 11.5. The van der Waals surface area contributed by atoms with Gasteiger partial charge in [0.1, 0.15) is 0 Å². The molecule has 0 bridgehead atoms. The number of carbonyl (C=O) groups is 1. The molecule has 1 N–H and O–H groups in total. The molecular formula is C11H10N2O2S. The first-order valence-electron chi connectivity index (χ1n) is 4.65. The lowest BCUT2D eigenvalue weighted by Crippen LogP contribution is -2.05. The van der Waals surface area contributed by atoms with Gasteiger partial charge in [-0.25, -0.2) is 9.78 Å². The van der Waals surface area contributed by atoms with Crippen molar-refractivity contribution in [2.75, 3.05) is 12.4 Å². The van der Waals surface area contributed by atoms with Crippen molar-refractivity contribution in [2.45, 2.75) is 0 Å². The average molecular weight is 234 g/mol. The molecular weight excluding hydrogens is 224 g/mol. The summed E-state index contributed by atoms with van der Waals surface area (Å²) in [5.41, 5.74) is 1.20. The van der Waals surface area contributed by atoms with Gasteiger partial charge in [0.05, 0.1) is 18.4 Å². The van der Waals surface area contributed by atoms with Crippen LogP contribution in [-0.2, 0) is 4.74 Å². The zero-order chi connectivity index (χ0) is 11.4. The summed E-state index contributed by atoms with van der Waals surface area (Å²) >= 11 is 1.47. The molecule has 0 aliphatic carbocycles. The van der Waals surface area contributed by atoms with E-state index in [1.807, 2.05) is 17.5 Å². The first-order chi connectivity index (χ1) is 7.81. The van der Waals surface area contributed by atoms with Gasteiger partial charge in [0.2, 0.25) is 0 Å². The lowest BCUT2D eigenvalue weighted by atomic mass is 10.2. The van der Waals surface area contributed by atoms with Crippen LogP contribution in [0.4, 0.5) is 10.8 Å². The van der Waals surface area contributed by atoms with E-state index < -0.39 is 0 Å². The number of hydrogen-bond acceptors (Lipinski definition) is 5. The Morgan fingerprint density at radius 3 is 2.94 bits per heavy atom. The standard InChI is InChI=1S/C11H10N2O2S/c1-15-10(14)8-4-2-3-5-9(8)13-11-12-6-7-16-11/h2-7H,1H3,(H,12,13). The Labute approximate surface area is 96.9 Å². The Bertz CT molecular complexity index is 482. The van der Waals surface area contributed by atoms with E-state index in [0.29, 0.717) is 11.3 Å². The summed E-state index contributed by atoms with van der Waals surface area (Å²) in [6.45, 7) is 0. The number of rotatable bonds is 3. The van der Waals surface area contributed by atoms with Gasteiger partial charge in [-0.2, -0.15) is 0 Å². The molecule has 5 heteroatoms. The van der Waals surface area contributed by atoms with Gasteiger partial charge in [-0.1, -0.05) is 12.1 Å². The van der Waals surface area contributed by atoms with Crippen LogP contribution in [0.15, 0.2) is 35.8 Å². The molecule has 82 valence electrons. The highest BCUT2D eigenvalue weighted by Gasteiger charge is 2.11. The van der Waals surface area contributed by atoms with E-state index in [1.54, 1.807) is 18.3 Å². The molecule has 0 fully saturated rings. The van der Waals surface area contributed by atoms with Gasteiger partial charge >= 0.3 is 5.97 Å². The first kappa shape index (κ1) is 10.6. The van der Waals surface area contributed by atoms with Crippen molar-refractivity contribution < 1.29 is 9.53 Å². The number of para-hydroxylation sites is 1. The second-order valence-corrected chi connectivity index (χ2v) is 3.89. The van der Waals surface area contributed by atoms with E-state index in [2.05, 4.69) is 10.3 Å². The molecule has 1 aromatic heterocycles. The summed E-state index contributed by atoms with van der Waals surface area (Å²) in [5.74, 6) is -0.361. The molecule has 1 heterocycles. The number of esters is 1. The van der Waals surface area contributed by atoms with Crippen molar-refractivity contribution in [1.29, 1.82) is 0 Å². The molecule has 0 aliphatic rings. The second kappa shape index (κ2) is 4.76. The van der Waals surface area contributed by atoms with Crippen molar-refractivity contribution >= 4 is 28.1 Å². The van der Waals surface area contributed by atoms with Gasteiger partial charge in [0.25, 0.3) is 0 Å². The number of thiazole rings is 1. The average Bonchev–Trinajstić information content (AvgIpc) is 2.82. The quantitative estimate of drug-likeness (QED) is 0.829. The van der Waals surface area contributed by atoms with Gasteiger partial charge in [-0.3, -0.25) is 0 Å². The maximum absolute atomic E-state index is 11.5. The van der Waals surface area contributed by atoms with Gasteiger partial charge in [0, 0.05) is 11.6 Å². The molecule has 1 aromatic carbocycles. The van der Waals surface area contributed by atoms with E-state index in [-0.39, 0.29) is 5.97 Å². The van der Waals surface area contributed by atoms with Crippen molar-refractivity contribution in [1.82, 2.24) is 4.98 Å². The van der Waals surface area contributed by atoms with Crippen LogP contribution in [0.2, 0.25) is 0 Å². The third-order valence-electron chi connectivity index (χ3n) is 2.01. The molecule has 0 atom stereocenters. The largest absolute Gasteiger partial charge is 0.465 e. The molecule has 0 amide bonds. The smallest absolute Gasteiger partial charge is 0.339 e. The van der Waals surface area contributed by atoms with Crippen LogP contribution >= 0.6 is 11.3 Å². The molecule has 2 aromatic rings. The summed E-state index contributed by atoms with van der Waals surface area (Å²) in [4.78, 5) is 15.6. The monoisotopic (exact) mass is 234 g/mol. The lowest BCUT2D eigenvalue weighted by Gasteiger charge is -2.07. The van der Waals surface area contributed by atoms with Gasteiger partial charge < -0.3 is 10.1 Å². The second-order valence-electron chi connectivity index (χ2n) is 3.00.